The molecule has 7 nitrogen and oxygen atoms in total. The topological polar surface area (TPSA) is 77.6 Å². The van der Waals surface area contributed by atoms with E-state index in [4.69, 9.17) is 4.74 Å². The number of aromatic nitrogens is 3. The summed E-state index contributed by atoms with van der Waals surface area (Å²) in [5.41, 5.74) is 3.02. The van der Waals surface area contributed by atoms with Gasteiger partial charge in [0.05, 0.1) is 12.5 Å². The number of rotatable bonds is 4. The molecule has 0 bridgehead atoms. The van der Waals surface area contributed by atoms with Crippen molar-refractivity contribution in [2.24, 2.45) is 5.92 Å². The predicted octanol–water partition coefficient (Wildman–Crippen LogP) is 2.73. The molecule has 1 amide bonds. The number of nitrogens with one attached hydrogen (secondary N) is 1. The van der Waals surface area contributed by atoms with Crippen molar-refractivity contribution in [3.8, 4) is 5.75 Å². The van der Waals surface area contributed by atoms with Gasteiger partial charge >= 0.3 is 5.69 Å². The third kappa shape index (κ3) is 3.45. The van der Waals surface area contributed by atoms with E-state index in [0.29, 0.717) is 30.9 Å². The lowest BCUT2D eigenvalue weighted by molar-refractivity contribution is -0.121. The van der Waals surface area contributed by atoms with Crippen molar-refractivity contribution in [1.29, 1.82) is 0 Å². The first kappa shape index (κ1) is 18.2. The molecular formula is C23H20N4O3. The van der Waals surface area contributed by atoms with Gasteiger partial charge in [0.2, 0.25) is 5.91 Å². The second-order valence-corrected chi connectivity index (χ2v) is 7.38. The van der Waals surface area contributed by atoms with E-state index in [9.17, 15) is 9.59 Å². The number of carbonyl (C=O) groups excluding carboxylic acids is 1. The molecule has 2 aromatic heterocycles. The van der Waals surface area contributed by atoms with Crippen LogP contribution in [-0.4, -0.2) is 26.7 Å². The Labute approximate surface area is 172 Å². The van der Waals surface area contributed by atoms with Crippen LogP contribution in [0.25, 0.3) is 5.65 Å². The number of para-hydroxylation sites is 1. The quantitative estimate of drug-likeness (QED) is 0.571. The Bertz CT molecular complexity index is 1290. The standard InChI is InChI=1S/C23H20N4O3/c28-22(18-13-17-7-1-2-9-20(17)30-15-18)24-19-8-5-6-16(12-19)14-27-23(29)26-11-4-3-10-21(26)25-27/h1-12,18H,13-15H2,(H,24,28). The number of nitrogens with zero attached hydrogens (tertiary/aromatic N) is 3. The van der Waals surface area contributed by atoms with E-state index in [1.165, 1.54) is 9.08 Å². The molecular weight excluding hydrogens is 380 g/mol. The zero-order valence-electron chi connectivity index (χ0n) is 16.2. The molecule has 30 heavy (non-hydrogen) atoms. The summed E-state index contributed by atoms with van der Waals surface area (Å²) >= 11 is 0. The molecule has 1 aliphatic rings. The molecule has 0 aliphatic carbocycles. The largest absolute Gasteiger partial charge is 0.492 e. The zero-order chi connectivity index (χ0) is 20.5. The van der Waals surface area contributed by atoms with Crippen LogP contribution in [0.4, 0.5) is 5.69 Å². The van der Waals surface area contributed by atoms with Gasteiger partial charge in [-0.1, -0.05) is 36.4 Å². The van der Waals surface area contributed by atoms with Gasteiger partial charge in [-0.2, -0.15) is 0 Å². The van der Waals surface area contributed by atoms with Crippen LogP contribution in [0.5, 0.6) is 5.75 Å². The van der Waals surface area contributed by atoms with Crippen molar-refractivity contribution >= 4 is 17.2 Å². The minimum atomic E-state index is -0.246. The number of carbonyl (C=O) groups is 1. The van der Waals surface area contributed by atoms with Crippen LogP contribution >= 0.6 is 0 Å². The summed E-state index contributed by atoms with van der Waals surface area (Å²) in [5.74, 6) is 0.526. The molecule has 0 spiro atoms. The smallest absolute Gasteiger partial charge is 0.350 e. The van der Waals surface area contributed by atoms with Crippen LogP contribution in [-0.2, 0) is 17.8 Å². The summed E-state index contributed by atoms with van der Waals surface area (Å²) in [5, 5.41) is 7.33. The van der Waals surface area contributed by atoms with Crippen molar-refractivity contribution in [3.05, 3.63) is 94.5 Å². The molecule has 0 saturated heterocycles. The van der Waals surface area contributed by atoms with E-state index < -0.39 is 0 Å². The fourth-order valence-electron chi connectivity index (χ4n) is 3.73. The van der Waals surface area contributed by atoms with E-state index in [0.717, 1.165) is 16.9 Å². The number of benzene rings is 2. The van der Waals surface area contributed by atoms with Crippen molar-refractivity contribution < 1.29 is 9.53 Å². The molecule has 150 valence electrons. The maximum absolute atomic E-state index is 12.8. The fraction of sp³-hybridized carbons (Fsp3) is 0.174. The average Bonchev–Trinajstić information content (AvgIpc) is 3.09. The first-order chi connectivity index (χ1) is 14.7. The second-order valence-electron chi connectivity index (χ2n) is 7.38. The third-order valence-electron chi connectivity index (χ3n) is 5.27. The first-order valence-electron chi connectivity index (χ1n) is 9.82. The lowest BCUT2D eigenvalue weighted by atomic mass is 9.96. The molecule has 7 heteroatoms. The summed E-state index contributed by atoms with van der Waals surface area (Å²) in [6, 6.07) is 20.7. The molecule has 2 aromatic carbocycles. The Hall–Kier alpha value is -3.87. The van der Waals surface area contributed by atoms with Crippen LogP contribution in [0.15, 0.2) is 77.7 Å². The molecule has 4 aromatic rings. The van der Waals surface area contributed by atoms with Gasteiger partial charge in [-0.15, -0.1) is 5.10 Å². The highest BCUT2D eigenvalue weighted by molar-refractivity contribution is 5.93. The number of hydrogen-bond acceptors (Lipinski definition) is 4. The molecule has 0 saturated carbocycles. The van der Waals surface area contributed by atoms with E-state index in [1.54, 1.807) is 18.3 Å². The Kier molecular flexibility index (Phi) is 4.55. The SMILES string of the molecule is O=C(Nc1cccc(Cn2nc3ccccn3c2=O)c1)C1COc2ccccc2C1. The van der Waals surface area contributed by atoms with Crippen molar-refractivity contribution in [3.63, 3.8) is 0 Å². The van der Waals surface area contributed by atoms with Gasteiger partial charge in [0.25, 0.3) is 0 Å². The highest BCUT2D eigenvalue weighted by atomic mass is 16.5. The van der Waals surface area contributed by atoms with Crippen LogP contribution in [0.3, 0.4) is 0 Å². The lowest BCUT2D eigenvalue weighted by Crippen LogP contribution is -2.32. The minimum absolute atomic E-state index is 0.0773. The Balaban J connectivity index is 1.31. The number of pyridine rings is 1. The maximum atomic E-state index is 12.8. The fourth-order valence-corrected chi connectivity index (χ4v) is 3.73. The van der Waals surface area contributed by atoms with Gasteiger partial charge in [-0.25, -0.2) is 9.48 Å². The van der Waals surface area contributed by atoms with E-state index in [-0.39, 0.29) is 17.5 Å². The van der Waals surface area contributed by atoms with Gasteiger partial charge in [-0.05, 0) is 47.9 Å². The van der Waals surface area contributed by atoms with E-state index in [1.807, 2.05) is 54.6 Å². The Morgan fingerprint density at radius 3 is 2.87 bits per heavy atom. The molecule has 1 atom stereocenters. The van der Waals surface area contributed by atoms with Gasteiger partial charge < -0.3 is 10.1 Å². The summed E-state index contributed by atoms with van der Waals surface area (Å²) in [6.45, 7) is 0.684. The minimum Gasteiger partial charge on any atom is -0.492 e. The molecule has 1 unspecified atom stereocenters. The Morgan fingerprint density at radius 1 is 1.10 bits per heavy atom. The lowest BCUT2D eigenvalue weighted by Gasteiger charge is -2.24. The molecule has 5 rings (SSSR count). The molecule has 3 heterocycles. The van der Waals surface area contributed by atoms with Crippen LogP contribution < -0.4 is 15.7 Å². The monoisotopic (exact) mass is 400 g/mol. The predicted molar refractivity (Wildman–Crippen MR) is 113 cm³/mol. The van der Waals surface area contributed by atoms with Crippen LogP contribution in [0.2, 0.25) is 0 Å². The van der Waals surface area contributed by atoms with Gasteiger partial charge in [0, 0.05) is 11.9 Å². The molecule has 1 N–H and O–H groups in total. The first-order valence-corrected chi connectivity index (χ1v) is 9.82. The number of amides is 1. The van der Waals surface area contributed by atoms with Crippen LogP contribution in [0, 0.1) is 5.92 Å². The molecule has 1 aliphatic heterocycles. The van der Waals surface area contributed by atoms with Gasteiger partial charge in [0.1, 0.15) is 12.4 Å². The van der Waals surface area contributed by atoms with E-state index in [2.05, 4.69) is 10.4 Å². The van der Waals surface area contributed by atoms with Gasteiger partial charge in [0.15, 0.2) is 5.65 Å². The molecule has 0 fully saturated rings. The van der Waals surface area contributed by atoms with Crippen LogP contribution in [0.1, 0.15) is 11.1 Å². The summed E-state index contributed by atoms with van der Waals surface area (Å²) in [6.07, 6.45) is 2.35. The highest BCUT2D eigenvalue weighted by Crippen LogP contribution is 2.27. The van der Waals surface area contributed by atoms with Crippen molar-refractivity contribution in [2.45, 2.75) is 13.0 Å². The van der Waals surface area contributed by atoms with Crippen molar-refractivity contribution in [1.82, 2.24) is 14.2 Å². The maximum Gasteiger partial charge on any atom is 0.350 e. The number of fused-ring (bicyclic) bond motifs is 2. The second kappa shape index (κ2) is 7.51. The normalized spacial score (nSPS) is 15.4. The number of hydrogen-bond donors (Lipinski definition) is 1. The summed E-state index contributed by atoms with van der Waals surface area (Å²) in [4.78, 5) is 25.2. The number of ether oxygens (including phenoxy) is 1. The highest BCUT2D eigenvalue weighted by Gasteiger charge is 2.25. The average molecular weight is 400 g/mol. The van der Waals surface area contributed by atoms with E-state index >= 15 is 0 Å². The molecule has 0 radical (unpaired) electrons. The zero-order valence-corrected chi connectivity index (χ0v) is 16.2. The van der Waals surface area contributed by atoms with Gasteiger partial charge in [-0.3, -0.25) is 9.20 Å². The summed E-state index contributed by atoms with van der Waals surface area (Å²) in [7, 11) is 0. The third-order valence-corrected chi connectivity index (χ3v) is 5.27. The van der Waals surface area contributed by atoms with Crippen molar-refractivity contribution in [2.75, 3.05) is 11.9 Å². The number of anilines is 1. The summed E-state index contributed by atoms with van der Waals surface area (Å²) < 4.78 is 8.66. The Morgan fingerprint density at radius 2 is 1.97 bits per heavy atom.